The van der Waals surface area contributed by atoms with Crippen LogP contribution in [-0.4, -0.2) is 23.8 Å². The predicted octanol–water partition coefficient (Wildman–Crippen LogP) is 6.79. The molecule has 0 saturated heterocycles. The van der Waals surface area contributed by atoms with E-state index in [0.717, 1.165) is 30.7 Å². The number of rotatable bonds is 10. The Kier molecular flexibility index (Phi) is 9.81. The van der Waals surface area contributed by atoms with Crippen molar-refractivity contribution >= 4 is 47.2 Å². The second-order valence-corrected chi connectivity index (χ2v) is 9.98. The second kappa shape index (κ2) is 12.1. The summed E-state index contributed by atoms with van der Waals surface area (Å²) in [6.45, 7) is 14.5. The maximum absolute atomic E-state index is 11.5. The molecule has 0 aliphatic rings. The number of benzene rings is 2. The molecule has 0 aromatic heterocycles. The standard InChI is InChI=1S/C24H26O4S3/c1-15(2)23(25)27-13-29-21-9-7-19(11-17(21)5)31-20-8-10-22(18(6)12-20)30-14-28-24(26)16(3)4/h7-12H,1,3,13-14H2,2,4-6H3. The lowest BCUT2D eigenvalue weighted by molar-refractivity contribution is -0.137. The summed E-state index contributed by atoms with van der Waals surface area (Å²) >= 11 is 4.66. The molecule has 7 heteroatoms. The van der Waals surface area contributed by atoms with Crippen molar-refractivity contribution in [1.29, 1.82) is 0 Å². The Bertz CT molecular complexity index is 919. The highest BCUT2D eigenvalue weighted by Crippen LogP contribution is 2.34. The second-order valence-electron chi connectivity index (χ2n) is 6.91. The molecule has 2 aromatic rings. The Morgan fingerprint density at radius 1 is 0.774 bits per heavy atom. The molecule has 0 unspecified atom stereocenters. The molecule has 0 heterocycles. The maximum atomic E-state index is 11.5. The van der Waals surface area contributed by atoms with Gasteiger partial charge in [-0.05, 0) is 75.2 Å². The van der Waals surface area contributed by atoms with Gasteiger partial charge in [0.1, 0.15) is 11.9 Å². The van der Waals surface area contributed by atoms with E-state index in [1.54, 1.807) is 25.6 Å². The molecule has 4 nitrogen and oxygen atoms in total. The van der Waals surface area contributed by atoms with Crippen LogP contribution in [0.1, 0.15) is 25.0 Å². The maximum Gasteiger partial charge on any atom is 0.333 e. The minimum atomic E-state index is -0.372. The summed E-state index contributed by atoms with van der Waals surface area (Å²) in [4.78, 5) is 27.4. The number of hydrogen-bond donors (Lipinski definition) is 0. The summed E-state index contributed by atoms with van der Waals surface area (Å²) in [5.74, 6) is -0.218. The molecule has 0 atom stereocenters. The summed E-state index contributed by atoms with van der Waals surface area (Å²) in [5, 5.41) is 0. The first kappa shape index (κ1) is 25.2. The predicted molar refractivity (Wildman–Crippen MR) is 130 cm³/mol. The molecule has 0 fully saturated rings. The summed E-state index contributed by atoms with van der Waals surface area (Å²) < 4.78 is 10.3. The van der Waals surface area contributed by atoms with Crippen LogP contribution in [0.15, 0.2) is 80.3 Å². The Morgan fingerprint density at radius 2 is 1.16 bits per heavy atom. The summed E-state index contributed by atoms with van der Waals surface area (Å²) in [6.07, 6.45) is 0. The third-order valence-electron chi connectivity index (χ3n) is 4.03. The molecule has 0 amide bonds. The monoisotopic (exact) mass is 474 g/mol. The van der Waals surface area contributed by atoms with Gasteiger partial charge < -0.3 is 9.47 Å². The number of esters is 2. The van der Waals surface area contributed by atoms with E-state index in [2.05, 4.69) is 37.4 Å². The van der Waals surface area contributed by atoms with Gasteiger partial charge in [0.15, 0.2) is 0 Å². The van der Waals surface area contributed by atoms with E-state index in [1.807, 2.05) is 26.0 Å². The number of aryl methyl sites for hydroxylation is 2. The fourth-order valence-electron chi connectivity index (χ4n) is 2.37. The summed E-state index contributed by atoms with van der Waals surface area (Å²) in [6, 6.07) is 12.5. The van der Waals surface area contributed by atoms with Gasteiger partial charge in [0.05, 0.1) is 0 Å². The van der Waals surface area contributed by atoms with Crippen molar-refractivity contribution in [3.05, 3.63) is 71.8 Å². The fraction of sp³-hybridized carbons (Fsp3) is 0.250. The van der Waals surface area contributed by atoms with Gasteiger partial charge in [0.2, 0.25) is 0 Å². The largest absolute Gasteiger partial charge is 0.451 e. The molecule has 0 spiro atoms. The number of carbonyl (C=O) groups excluding carboxylic acids is 2. The average Bonchev–Trinajstić information content (AvgIpc) is 2.70. The molecule has 2 aromatic carbocycles. The van der Waals surface area contributed by atoms with E-state index in [0.29, 0.717) is 11.1 Å². The Balaban J connectivity index is 1.93. The van der Waals surface area contributed by atoms with Gasteiger partial charge in [-0.3, -0.25) is 0 Å². The normalized spacial score (nSPS) is 10.5. The topological polar surface area (TPSA) is 52.6 Å². The molecule has 0 aliphatic carbocycles. The van der Waals surface area contributed by atoms with Crippen LogP contribution in [0.25, 0.3) is 0 Å². The van der Waals surface area contributed by atoms with Crippen molar-refractivity contribution in [1.82, 2.24) is 0 Å². The van der Waals surface area contributed by atoms with Crippen LogP contribution in [0, 0.1) is 13.8 Å². The number of ether oxygens (including phenoxy) is 2. The molecule has 0 saturated carbocycles. The van der Waals surface area contributed by atoms with E-state index in [-0.39, 0.29) is 23.8 Å². The van der Waals surface area contributed by atoms with Crippen molar-refractivity contribution in [2.45, 2.75) is 47.3 Å². The van der Waals surface area contributed by atoms with Crippen molar-refractivity contribution in [2.75, 3.05) is 11.9 Å². The first-order valence-electron chi connectivity index (χ1n) is 9.47. The Morgan fingerprint density at radius 3 is 1.48 bits per heavy atom. The van der Waals surface area contributed by atoms with Crippen LogP contribution < -0.4 is 0 Å². The lowest BCUT2D eigenvalue weighted by Crippen LogP contribution is -2.04. The summed E-state index contributed by atoms with van der Waals surface area (Å²) in [5.41, 5.74) is 3.06. The van der Waals surface area contributed by atoms with E-state index in [1.165, 1.54) is 23.5 Å². The van der Waals surface area contributed by atoms with Crippen LogP contribution in [0.3, 0.4) is 0 Å². The van der Waals surface area contributed by atoms with Gasteiger partial charge in [0, 0.05) is 30.7 Å². The van der Waals surface area contributed by atoms with Crippen molar-refractivity contribution < 1.29 is 19.1 Å². The average molecular weight is 475 g/mol. The van der Waals surface area contributed by atoms with Crippen LogP contribution in [0.5, 0.6) is 0 Å². The molecular formula is C24H26O4S3. The van der Waals surface area contributed by atoms with E-state index in [9.17, 15) is 9.59 Å². The van der Waals surface area contributed by atoms with Crippen molar-refractivity contribution in [2.24, 2.45) is 0 Å². The van der Waals surface area contributed by atoms with Crippen LogP contribution >= 0.6 is 35.3 Å². The zero-order valence-corrected chi connectivity index (χ0v) is 20.6. The summed E-state index contributed by atoms with van der Waals surface area (Å²) in [7, 11) is 0. The minimum Gasteiger partial charge on any atom is -0.451 e. The number of thioether (sulfide) groups is 2. The molecule has 0 N–H and O–H groups in total. The third-order valence-corrected chi connectivity index (χ3v) is 7.02. The van der Waals surface area contributed by atoms with E-state index >= 15 is 0 Å². The number of hydrogen-bond acceptors (Lipinski definition) is 7. The van der Waals surface area contributed by atoms with Crippen molar-refractivity contribution in [3.63, 3.8) is 0 Å². The Hall–Kier alpha value is -2.09. The minimum absolute atomic E-state index is 0.263. The van der Waals surface area contributed by atoms with Crippen LogP contribution in [0.2, 0.25) is 0 Å². The third kappa shape index (κ3) is 8.16. The molecule has 164 valence electrons. The Labute approximate surface area is 196 Å². The fourth-order valence-corrected chi connectivity index (χ4v) is 4.87. The highest BCUT2D eigenvalue weighted by molar-refractivity contribution is 8.00. The lowest BCUT2D eigenvalue weighted by atomic mass is 10.2. The highest BCUT2D eigenvalue weighted by Gasteiger charge is 2.08. The van der Waals surface area contributed by atoms with Gasteiger partial charge in [-0.25, -0.2) is 9.59 Å². The van der Waals surface area contributed by atoms with Gasteiger partial charge in [0.25, 0.3) is 0 Å². The first-order valence-corrected chi connectivity index (χ1v) is 12.3. The zero-order valence-electron chi connectivity index (χ0n) is 18.2. The highest BCUT2D eigenvalue weighted by atomic mass is 32.2. The molecule has 0 radical (unpaired) electrons. The quantitative estimate of drug-likeness (QED) is 0.163. The molecule has 31 heavy (non-hydrogen) atoms. The molecule has 0 aliphatic heterocycles. The molecule has 2 rings (SSSR count). The first-order chi connectivity index (χ1) is 14.7. The number of carbonyl (C=O) groups is 2. The van der Waals surface area contributed by atoms with Gasteiger partial charge >= 0.3 is 11.9 Å². The van der Waals surface area contributed by atoms with Crippen LogP contribution in [0.4, 0.5) is 0 Å². The van der Waals surface area contributed by atoms with E-state index in [4.69, 9.17) is 9.47 Å². The zero-order chi connectivity index (χ0) is 23.0. The van der Waals surface area contributed by atoms with Gasteiger partial charge in [-0.1, -0.05) is 48.4 Å². The van der Waals surface area contributed by atoms with Gasteiger partial charge in [-0.2, -0.15) is 0 Å². The van der Waals surface area contributed by atoms with Gasteiger partial charge in [-0.15, -0.1) is 0 Å². The van der Waals surface area contributed by atoms with E-state index < -0.39 is 0 Å². The molecular weight excluding hydrogens is 448 g/mol. The van der Waals surface area contributed by atoms with Crippen molar-refractivity contribution in [3.8, 4) is 0 Å². The van der Waals surface area contributed by atoms with Crippen LogP contribution in [-0.2, 0) is 19.1 Å². The SMILES string of the molecule is C=C(C)C(=O)OCSc1ccc(Sc2ccc(SCOC(=O)C(=C)C)c(C)c2)cc1C. The smallest absolute Gasteiger partial charge is 0.333 e. The lowest BCUT2D eigenvalue weighted by Gasteiger charge is -2.11. The molecule has 0 bridgehead atoms.